The number of halogens is 1. The number of nitrogens with zero attached hydrogens (tertiary/aromatic N) is 2. The fourth-order valence-corrected chi connectivity index (χ4v) is 3.93. The van der Waals surface area contributed by atoms with E-state index in [1.54, 1.807) is 11.9 Å². The molecule has 0 spiro atoms. The second-order valence-electron chi connectivity index (χ2n) is 6.24. The number of rotatable bonds is 5. The molecule has 0 bridgehead atoms. The lowest BCUT2D eigenvalue weighted by Gasteiger charge is -2.25. The largest absolute Gasteiger partial charge is 0.379 e. The molecule has 0 radical (unpaired) electrons. The van der Waals surface area contributed by atoms with Gasteiger partial charge in [-0.3, -0.25) is 4.90 Å². The van der Waals surface area contributed by atoms with Gasteiger partial charge in [0.15, 0.2) is 0 Å². The molecule has 2 aliphatic rings. The van der Waals surface area contributed by atoms with Crippen LogP contribution in [0.25, 0.3) is 0 Å². The SMILES string of the molecule is CC.CCC1(F)CCN(Cc2ccc(SN3CCOCC3)cc2)C1. The molecule has 0 aliphatic carbocycles. The van der Waals surface area contributed by atoms with Gasteiger partial charge in [0.05, 0.1) is 13.2 Å². The summed E-state index contributed by atoms with van der Waals surface area (Å²) in [5, 5.41) is 0. The van der Waals surface area contributed by atoms with E-state index in [9.17, 15) is 4.39 Å². The Labute approximate surface area is 150 Å². The van der Waals surface area contributed by atoms with Gasteiger partial charge < -0.3 is 4.74 Å². The van der Waals surface area contributed by atoms with Crippen molar-refractivity contribution in [3.8, 4) is 0 Å². The summed E-state index contributed by atoms with van der Waals surface area (Å²) in [6.45, 7) is 11.9. The number of benzene rings is 1. The molecule has 1 unspecified atom stereocenters. The molecule has 2 saturated heterocycles. The molecule has 0 amide bonds. The van der Waals surface area contributed by atoms with Crippen molar-refractivity contribution in [1.29, 1.82) is 0 Å². The van der Waals surface area contributed by atoms with E-state index in [4.69, 9.17) is 4.74 Å². The van der Waals surface area contributed by atoms with Gasteiger partial charge in [0.25, 0.3) is 0 Å². The number of ether oxygens (including phenoxy) is 1. The summed E-state index contributed by atoms with van der Waals surface area (Å²) in [6.07, 6.45) is 1.30. The van der Waals surface area contributed by atoms with Gasteiger partial charge in [0, 0.05) is 37.6 Å². The molecule has 24 heavy (non-hydrogen) atoms. The van der Waals surface area contributed by atoms with Crippen LogP contribution in [0.5, 0.6) is 0 Å². The molecule has 2 fully saturated rings. The zero-order valence-corrected chi connectivity index (χ0v) is 16.1. The Morgan fingerprint density at radius 1 is 1.12 bits per heavy atom. The first-order valence-corrected chi connectivity index (χ1v) is 9.95. The van der Waals surface area contributed by atoms with Crippen molar-refractivity contribution < 1.29 is 9.13 Å². The Hall–Kier alpha value is -0.620. The molecule has 0 aromatic heterocycles. The standard InChI is InChI=1S/C17H25FN2OS.C2H6/c1-2-17(18)7-8-19(14-17)13-15-3-5-16(6-4-15)22-20-9-11-21-12-10-20;1-2/h3-6H,2,7-14H2,1H3;1-2H3. The highest BCUT2D eigenvalue weighted by Gasteiger charge is 2.36. The van der Waals surface area contributed by atoms with Gasteiger partial charge >= 0.3 is 0 Å². The van der Waals surface area contributed by atoms with E-state index in [-0.39, 0.29) is 0 Å². The van der Waals surface area contributed by atoms with Crippen LogP contribution >= 0.6 is 11.9 Å². The van der Waals surface area contributed by atoms with Gasteiger partial charge in [-0.25, -0.2) is 8.70 Å². The quantitative estimate of drug-likeness (QED) is 0.729. The Morgan fingerprint density at radius 2 is 1.79 bits per heavy atom. The van der Waals surface area contributed by atoms with Crippen molar-refractivity contribution in [2.24, 2.45) is 0 Å². The second-order valence-corrected chi connectivity index (χ2v) is 7.41. The highest BCUT2D eigenvalue weighted by molar-refractivity contribution is 7.97. The maximum Gasteiger partial charge on any atom is 0.124 e. The zero-order chi connectivity index (χ0) is 17.4. The molecule has 1 aromatic rings. The van der Waals surface area contributed by atoms with Crippen LogP contribution in [0.15, 0.2) is 29.2 Å². The molecule has 5 heteroatoms. The van der Waals surface area contributed by atoms with E-state index in [0.717, 1.165) is 39.4 Å². The normalized spacial score (nSPS) is 25.3. The van der Waals surface area contributed by atoms with E-state index < -0.39 is 5.67 Å². The molecule has 2 aliphatic heterocycles. The summed E-state index contributed by atoms with van der Waals surface area (Å²) in [5.74, 6) is 0. The van der Waals surface area contributed by atoms with Crippen molar-refractivity contribution in [3.05, 3.63) is 29.8 Å². The molecule has 3 rings (SSSR count). The van der Waals surface area contributed by atoms with Crippen molar-refractivity contribution in [2.75, 3.05) is 39.4 Å². The van der Waals surface area contributed by atoms with Gasteiger partial charge in [-0.15, -0.1) is 0 Å². The summed E-state index contributed by atoms with van der Waals surface area (Å²) in [6, 6.07) is 8.70. The van der Waals surface area contributed by atoms with Crippen molar-refractivity contribution in [3.63, 3.8) is 0 Å². The summed E-state index contributed by atoms with van der Waals surface area (Å²) in [5.41, 5.74) is 0.304. The first-order chi connectivity index (χ1) is 11.7. The number of hydrogen-bond donors (Lipinski definition) is 0. The minimum Gasteiger partial charge on any atom is -0.379 e. The number of morpholine rings is 1. The van der Waals surface area contributed by atoms with Crippen LogP contribution in [0.1, 0.15) is 39.2 Å². The summed E-state index contributed by atoms with van der Waals surface area (Å²) in [4.78, 5) is 3.49. The van der Waals surface area contributed by atoms with Crippen LogP contribution in [0.4, 0.5) is 4.39 Å². The van der Waals surface area contributed by atoms with Gasteiger partial charge in [-0.1, -0.05) is 32.9 Å². The lowest BCUT2D eigenvalue weighted by molar-refractivity contribution is 0.0773. The second kappa shape index (κ2) is 9.76. The lowest BCUT2D eigenvalue weighted by Crippen LogP contribution is -2.30. The number of hydrogen-bond acceptors (Lipinski definition) is 4. The predicted octanol–water partition coefficient (Wildman–Crippen LogP) is 4.38. The van der Waals surface area contributed by atoms with Crippen molar-refractivity contribution >= 4 is 11.9 Å². The molecule has 2 heterocycles. The van der Waals surface area contributed by atoms with Gasteiger partial charge in [-0.05, 0) is 42.5 Å². The summed E-state index contributed by atoms with van der Waals surface area (Å²) in [7, 11) is 0. The first-order valence-electron chi connectivity index (χ1n) is 9.18. The van der Waals surface area contributed by atoms with Crippen LogP contribution in [0.3, 0.4) is 0 Å². The first kappa shape index (κ1) is 19.7. The van der Waals surface area contributed by atoms with Gasteiger partial charge in [0.2, 0.25) is 0 Å². The average Bonchev–Trinajstić information content (AvgIpc) is 3.01. The lowest BCUT2D eigenvalue weighted by atomic mass is 10.0. The van der Waals surface area contributed by atoms with Crippen molar-refractivity contribution in [1.82, 2.24) is 9.21 Å². The minimum atomic E-state index is -0.966. The molecule has 0 saturated carbocycles. The molecule has 136 valence electrons. The van der Waals surface area contributed by atoms with Crippen LogP contribution in [0.2, 0.25) is 0 Å². The third-order valence-corrected chi connectivity index (χ3v) is 5.66. The topological polar surface area (TPSA) is 15.7 Å². The monoisotopic (exact) mass is 354 g/mol. The Kier molecular flexibility index (Phi) is 8.01. The van der Waals surface area contributed by atoms with E-state index in [2.05, 4.69) is 33.5 Å². The van der Waals surface area contributed by atoms with Crippen LogP contribution in [-0.2, 0) is 11.3 Å². The molecule has 0 N–H and O–H groups in total. The molecular weight excluding hydrogens is 323 g/mol. The van der Waals surface area contributed by atoms with E-state index in [1.807, 2.05) is 20.8 Å². The van der Waals surface area contributed by atoms with Crippen LogP contribution < -0.4 is 0 Å². The van der Waals surface area contributed by atoms with Crippen LogP contribution in [-0.4, -0.2) is 54.3 Å². The van der Waals surface area contributed by atoms with Gasteiger partial charge in [-0.2, -0.15) is 0 Å². The highest BCUT2D eigenvalue weighted by atomic mass is 32.2. The maximum atomic E-state index is 14.3. The number of alkyl halides is 1. The fourth-order valence-electron chi connectivity index (χ4n) is 3.04. The predicted molar refractivity (Wildman–Crippen MR) is 100 cm³/mol. The summed E-state index contributed by atoms with van der Waals surface area (Å²) < 4.78 is 22.0. The maximum absolute atomic E-state index is 14.3. The highest BCUT2D eigenvalue weighted by Crippen LogP contribution is 2.30. The zero-order valence-electron chi connectivity index (χ0n) is 15.3. The van der Waals surface area contributed by atoms with Gasteiger partial charge in [0.1, 0.15) is 5.67 Å². The van der Waals surface area contributed by atoms with Crippen LogP contribution in [0, 0.1) is 0 Å². The third kappa shape index (κ3) is 5.73. The van der Waals surface area contributed by atoms with E-state index in [0.29, 0.717) is 19.4 Å². The molecule has 1 atom stereocenters. The Balaban J connectivity index is 0.00000100. The Bertz CT molecular complexity index is 479. The average molecular weight is 355 g/mol. The van der Waals surface area contributed by atoms with E-state index >= 15 is 0 Å². The third-order valence-electron chi connectivity index (χ3n) is 4.55. The molecular formula is C19H31FN2OS. The molecule has 3 nitrogen and oxygen atoms in total. The minimum absolute atomic E-state index is 0.577. The molecule has 1 aromatic carbocycles. The summed E-state index contributed by atoms with van der Waals surface area (Å²) >= 11 is 1.80. The number of likely N-dealkylation sites (tertiary alicyclic amines) is 1. The smallest absolute Gasteiger partial charge is 0.124 e. The van der Waals surface area contributed by atoms with E-state index in [1.165, 1.54) is 10.5 Å². The van der Waals surface area contributed by atoms with Crippen molar-refractivity contribution in [2.45, 2.75) is 50.7 Å². The Morgan fingerprint density at radius 3 is 2.38 bits per heavy atom. The fraction of sp³-hybridized carbons (Fsp3) is 0.684.